The van der Waals surface area contributed by atoms with Crippen LogP contribution in [0.3, 0.4) is 0 Å². The molecule has 1 heterocycles. The molecule has 0 amide bonds. The first-order chi connectivity index (χ1) is 9.05. The van der Waals surface area contributed by atoms with Crippen LogP contribution >= 0.6 is 0 Å². The smallest absolute Gasteiger partial charge is 0.150 e. The summed E-state index contributed by atoms with van der Waals surface area (Å²) in [6.07, 6.45) is 0.733. The summed E-state index contributed by atoms with van der Waals surface area (Å²) < 4.78 is 28.5. The standard InChI is InChI=1S/C14H21NO3S/c1-3-15-14(12-7-8-19(16,17)10-12)11-5-4-6-13(9-11)18-2/h4-6,9,12,14-15H,3,7-8,10H2,1-2H3. The van der Waals surface area contributed by atoms with Crippen LogP contribution in [0.2, 0.25) is 0 Å². The number of hydrogen-bond acceptors (Lipinski definition) is 4. The molecular formula is C14H21NO3S. The van der Waals surface area contributed by atoms with Gasteiger partial charge in [-0.25, -0.2) is 8.42 Å². The molecule has 1 aliphatic rings. The summed E-state index contributed by atoms with van der Waals surface area (Å²) in [6.45, 7) is 2.86. The van der Waals surface area contributed by atoms with Gasteiger partial charge in [-0.1, -0.05) is 19.1 Å². The van der Waals surface area contributed by atoms with Crippen molar-refractivity contribution >= 4 is 9.84 Å². The molecule has 1 aromatic rings. The van der Waals surface area contributed by atoms with Gasteiger partial charge in [0.05, 0.1) is 18.6 Å². The number of ether oxygens (including phenoxy) is 1. The van der Waals surface area contributed by atoms with Gasteiger partial charge in [0.2, 0.25) is 0 Å². The topological polar surface area (TPSA) is 55.4 Å². The molecule has 0 spiro atoms. The number of benzene rings is 1. The molecule has 0 aromatic heterocycles. The molecule has 5 heteroatoms. The fourth-order valence-corrected chi connectivity index (χ4v) is 4.54. The minimum Gasteiger partial charge on any atom is -0.497 e. The second kappa shape index (κ2) is 5.92. The molecule has 1 aliphatic heterocycles. The molecule has 4 nitrogen and oxygen atoms in total. The first kappa shape index (κ1) is 14.3. The number of rotatable bonds is 5. The molecule has 1 saturated heterocycles. The molecule has 19 heavy (non-hydrogen) atoms. The van der Waals surface area contributed by atoms with E-state index in [4.69, 9.17) is 4.74 Å². The second-order valence-corrected chi connectivity index (χ2v) is 7.20. The number of hydrogen-bond donors (Lipinski definition) is 1. The molecule has 0 saturated carbocycles. The molecule has 1 fully saturated rings. The maximum absolute atomic E-state index is 11.7. The van der Waals surface area contributed by atoms with Gasteiger partial charge >= 0.3 is 0 Å². The zero-order chi connectivity index (χ0) is 13.9. The fourth-order valence-electron chi connectivity index (χ4n) is 2.70. The van der Waals surface area contributed by atoms with Crippen molar-refractivity contribution in [2.24, 2.45) is 5.92 Å². The van der Waals surface area contributed by atoms with Crippen LogP contribution in [-0.4, -0.2) is 33.6 Å². The van der Waals surface area contributed by atoms with Gasteiger partial charge in [-0.05, 0) is 36.6 Å². The van der Waals surface area contributed by atoms with Crippen molar-refractivity contribution in [1.82, 2.24) is 5.32 Å². The van der Waals surface area contributed by atoms with Crippen molar-refractivity contribution in [3.8, 4) is 5.75 Å². The van der Waals surface area contributed by atoms with Crippen molar-refractivity contribution in [3.63, 3.8) is 0 Å². The lowest BCUT2D eigenvalue weighted by Gasteiger charge is -2.24. The molecule has 1 aromatic carbocycles. The van der Waals surface area contributed by atoms with Crippen molar-refractivity contribution in [3.05, 3.63) is 29.8 Å². The van der Waals surface area contributed by atoms with Gasteiger partial charge in [0.1, 0.15) is 5.75 Å². The fraction of sp³-hybridized carbons (Fsp3) is 0.571. The molecule has 106 valence electrons. The summed E-state index contributed by atoms with van der Waals surface area (Å²) in [5.74, 6) is 1.55. The van der Waals surface area contributed by atoms with Crippen molar-refractivity contribution in [2.45, 2.75) is 19.4 Å². The van der Waals surface area contributed by atoms with Crippen molar-refractivity contribution < 1.29 is 13.2 Å². The molecule has 0 radical (unpaired) electrons. The maximum atomic E-state index is 11.7. The SMILES string of the molecule is CCNC(c1cccc(OC)c1)C1CCS(=O)(=O)C1. The third kappa shape index (κ3) is 3.48. The Balaban J connectivity index is 2.24. The van der Waals surface area contributed by atoms with Crippen LogP contribution in [-0.2, 0) is 9.84 Å². The van der Waals surface area contributed by atoms with E-state index in [1.165, 1.54) is 0 Å². The van der Waals surface area contributed by atoms with E-state index in [0.717, 1.165) is 24.3 Å². The Morgan fingerprint density at radius 3 is 2.84 bits per heavy atom. The lowest BCUT2D eigenvalue weighted by molar-refractivity contribution is 0.392. The number of nitrogens with one attached hydrogen (secondary N) is 1. The monoisotopic (exact) mass is 283 g/mol. The average molecular weight is 283 g/mol. The van der Waals surface area contributed by atoms with Crippen LogP contribution in [0.15, 0.2) is 24.3 Å². The summed E-state index contributed by atoms with van der Waals surface area (Å²) in [4.78, 5) is 0. The van der Waals surface area contributed by atoms with Gasteiger partial charge in [-0.3, -0.25) is 0 Å². The number of methoxy groups -OCH3 is 1. The third-order valence-electron chi connectivity index (χ3n) is 3.62. The maximum Gasteiger partial charge on any atom is 0.150 e. The van der Waals surface area contributed by atoms with E-state index < -0.39 is 9.84 Å². The van der Waals surface area contributed by atoms with Crippen LogP contribution < -0.4 is 10.1 Å². The Hall–Kier alpha value is -1.07. The molecule has 2 atom stereocenters. The van der Waals surface area contributed by atoms with Crippen LogP contribution in [0.25, 0.3) is 0 Å². The average Bonchev–Trinajstić information content (AvgIpc) is 2.76. The first-order valence-corrected chi connectivity index (χ1v) is 8.45. The van der Waals surface area contributed by atoms with E-state index in [1.54, 1.807) is 7.11 Å². The van der Waals surface area contributed by atoms with Gasteiger partial charge in [0.25, 0.3) is 0 Å². The van der Waals surface area contributed by atoms with Gasteiger partial charge < -0.3 is 10.1 Å². The summed E-state index contributed by atoms with van der Waals surface area (Å²) >= 11 is 0. The van der Waals surface area contributed by atoms with Gasteiger partial charge in [-0.15, -0.1) is 0 Å². The normalized spacial score (nSPS) is 23.2. The highest BCUT2D eigenvalue weighted by Gasteiger charge is 2.34. The zero-order valence-corrected chi connectivity index (χ0v) is 12.2. The van der Waals surface area contributed by atoms with E-state index in [0.29, 0.717) is 5.75 Å². The van der Waals surface area contributed by atoms with Gasteiger partial charge in [0.15, 0.2) is 9.84 Å². The zero-order valence-electron chi connectivity index (χ0n) is 11.4. The molecule has 0 bridgehead atoms. The van der Waals surface area contributed by atoms with Crippen LogP contribution in [0.1, 0.15) is 24.9 Å². The van der Waals surface area contributed by atoms with Crippen LogP contribution in [0.5, 0.6) is 5.75 Å². The van der Waals surface area contributed by atoms with Crippen molar-refractivity contribution in [1.29, 1.82) is 0 Å². The van der Waals surface area contributed by atoms with Gasteiger partial charge in [0, 0.05) is 6.04 Å². The minimum absolute atomic E-state index is 0.0809. The lowest BCUT2D eigenvalue weighted by atomic mass is 9.92. The van der Waals surface area contributed by atoms with Crippen LogP contribution in [0.4, 0.5) is 0 Å². The predicted octanol–water partition coefficient (Wildman–Crippen LogP) is 1.78. The van der Waals surface area contributed by atoms with Gasteiger partial charge in [-0.2, -0.15) is 0 Å². The highest BCUT2D eigenvalue weighted by molar-refractivity contribution is 7.91. The van der Waals surface area contributed by atoms with E-state index in [9.17, 15) is 8.42 Å². The Morgan fingerprint density at radius 1 is 1.47 bits per heavy atom. The minimum atomic E-state index is -2.85. The first-order valence-electron chi connectivity index (χ1n) is 6.63. The highest BCUT2D eigenvalue weighted by atomic mass is 32.2. The Morgan fingerprint density at radius 2 is 2.26 bits per heavy atom. The Bertz CT molecular complexity index is 527. The predicted molar refractivity (Wildman–Crippen MR) is 76.2 cm³/mol. The van der Waals surface area contributed by atoms with E-state index in [-0.39, 0.29) is 17.7 Å². The molecular weight excluding hydrogens is 262 g/mol. The molecule has 0 aliphatic carbocycles. The Kier molecular flexibility index (Phi) is 4.47. The molecule has 2 rings (SSSR count). The summed E-state index contributed by atoms with van der Waals surface area (Å²) in [6, 6.07) is 7.94. The summed E-state index contributed by atoms with van der Waals surface area (Å²) in [5, 5.41) is 3.41. The summed E-state index contributed by atoms with van der Waals surface area (Å²) in [5.41, 5.74) is 1.10. The lowest BCUT2D eigenvalue weighted by Crippen LogP contribution is -2.29. The Labute approximate surface area is 115 Å². The third-order valence-corrected chi connectivity index (χ3v) is 5.41. The van der Waals surface area contributed by atoms with E-state index >= 15 is 0 Å². The van der Waals surface area contributed by atoms with Crippen molar-refractivity contribution in [2.75, 3.05) is 25.2 Å². The van der Waals surface area contributed by atoms with E-state index in [1.807, 2.05) is 31.2 Å². The van der Waals surface area contributed by atoms with E-state index in [2.05, 4.69) is 5.32 Å². The summed E-state index contributed by atoms with van der Waals surface area (Å²) in [7, 11) is -1.21. The second-order valence-electron chi connectivity index (χ2n) is 4.98. The number of sulfone groups is 1. The molecule has 1 N–H and O–H groups in total. The largest absolute Gasteiger partial charge is 0.497 e. The highest BCUT2D eigenvalue weighted by Crippen LogP contribution is 2.32. The molecule has 2 unspecified atom stereocenters. The quantitative estimate of drug-likeness (QED) is 0.895. The van der Waals surface area contributed by atoms with Crippen LogP contribution in [0, 0.1) is 5.92 Å².